The van der Waals surface area contributed by atoms with Crippen molar-refractivity contribution in [1.29, 1.82) is 0 Å². The minimum atomic E-state index is 0. The first-order valence-corrected chi connectivity index (χ1v) is 5.11. The Labute approximate surface area is 86.8 Å². The molecule has 2 aliphatic rings. The highest BCUT2D eigenvalue weighted by molar-refractivity contribution is 5.85. The fourth-order valence-corrected chi connectivity index (χ4v) is 2.97. The van der Waals surface area contributed by atoms with Crippen LogP contribution >= 0.6 is 12.4 Å². The van der Waals surface area contributed by atoms with Gasteiger partial charge in [-0.25, -0.2) is 0 Å². The van der Waals surface area contributed by atoms with E-state index in [1.807, 2.05) is 7.11 Å². The van der Waals surface area contributed by atoms with E-state index in [0.29, 0.717) is 11.5 Å². The lowest BCUT2D eigenvalue weighted by Gasteiger charge is -2.38. The summed E-state index contributed by atoms with van der Waals surface area (Å²) in [7, 11) is 1.87. The highest BCUT2D eigenvalue weighted by atomic mass is 35.5. The lowest BCUT2D eigenvalue weighted by Crippen LogP contribution is -2.42. The molecule has 1 atom stereocenters. The smallest absolute Gasteiger partial charge is 0.0628 e. The molecule has 0 radical (unpaired) electrons. The van der Waals surface area contributed by atoms with Gasteiger partial charge in [-0.1, -0.05) is 6.42 Å². The second-order valence-electron chi connectivity index (χ2n) is 4.23. The number of nitrogens with one attached hydrogen (secondary N) is 1. The van der Waals surface area contributed by atoms with Crippen LogP contribution in [0.4, 0.5) is 0 Å². The van der Waals surface area contributed by atoms with Crippen LogP contribution in [0.3, 0.4) is 0 Å². The quantitative estimate of drug-likeness (QED) is 0.707. The van der Waals surface area contributed by atoms with Crippen molar-refractivity contribution < 1.29 is 4.74 Å². The molecule has 1 saturated carbocycles. The molecule has 78 valence electrons. The molecule has 1 aliphatic carbocycles. The molecular formula is C10H20ClNO. The third-order valence-electron chi connectivity index (χ3n) is 3.71. The summed E-state index contributed by atoms with van der Waals surface area (Å²) in [4.78, 5) is 0. The number of hydrogen-bond donors (Lipinski definition) is 1. The summed E-state index contributed by atoms with van der Waals surface area (Å²) in [6.45, 7) is 2.39. The third-order valence-corrected chi connectivity index (χ3v) is 3.71. The van der Waals surface area contributed by atoms with Crippen LogP contribution in [0, 0.1) is 5.41 Å². The summed E-state index contributed by atoms with van der Waals surface area (Å²) in [5.41, 5.74) is 0.556. The average molecular weight is 206 g/mol. The van der Waals surface area contributed by atoms with Gasteiger partial charge in [0, 0.05) is 7.11 Å². The van der Waals surface area contributed by atoms with Crippen molar-refractivity contribution in [2.24, 2.45) is 5.41 Å². The standard InChI is InChI=1S/C10H19NO.ClH/c1-12-9-3-2-4-10(9)5-7-11-8-6-10;/h9,11H,2-8H2,1H3;1H. The molecule has 1 aliphatic heterocycles. The van der Waals surface area contributed by atoms with Gasteiger partial charge in [0.05, 0.1) is 6.10 Å². The Bertz CT molecular complexity index is 157. The minimum absolute atomic E-state index is 0. The summed E-state index contributed by atoms with van der Waals surface area (Å²) in [5, 5.41) is 3.42. The maximum Gasteiger partial charge on any atom is 0.0628 e. The van der Waals surface area contributed by atoms with Gasteiger partial charge in [0.15, 0.2) is 0 Å². The predicted molar refractivity (Wildman–Crippen MR) is 56.4 cm³/mol. The van der Waals surface area contributed by atoms with Gasteiger partial charge in [0.25, 0.3) is 0 Å². The second kappa shape index (κ2) is 4.63. The number of halogens is 1. The molecule has 1 saturated heterocycles. The first kappa shape index (κ1) is 11.3. The van der Waals surface area contributed by atoms with Crippen molar-refractivity contribution >= 4 is 12.4 Å². The van der Waals surface area contributed by atoms with E-state index in [1.165, 1.54) is 45.2 Å². The fourth-order valence-electron chi connectivity index (χ4n) is 2.97. The van der Waals surface area contributed by atoms with Crippen molar-refractivity contribution in [2.75, 3.05) is 20.2 Å². The van der Waals surface area contributed by atoms with Crippen molar-refractivity contribution in [1.82, 2.24) is 5.32 Å². The molecular weight excluding hydrogens is 186 g/mol. The number of hydrogen-bond acceptors (Lipinski definition) is 2. The zero-order valence-corrected chi connectivity index (χ0v) is 9.16. The van der Waals surface area contributed by atoms with Crippen LogP contribution in [0.1, 0.15) is 32.1 Å². The van der Waals surface area contributed by atoms with E-state index in [2.05, 4.69) is 5.32 Å². The Kier molecular flexibility index (Phi) is 4.02. The zero-order chi connectivity index (χ0) is 8.44. The number of ether oxygens (including phenoxy) is 1. The minimum Gasteiger partial charge on any atom is -0.381 e. The fraction of sp³-hybridized carbons (Fsp3) is 1.00. The highest BCUT2D eigenvalue weighted by Crippen LogP contribution is 2.46. The van der Waals surface area contributed by atoms with Crippen LogP contribution < -0.4 is 5.32 Å². The number of methoxy groups -OCH3 is 1. The zero-order valence-electron chi connectivity index (χ0n) is 8.34. The summed E-state index contributed by atoms with van der Waals surface area (Å²) >= 11 is 0. The van der Waals surface area contributed by atoms with Gasteiger partial charge in [0.1, 0.15) is 0 Å². The molecule has 0 amide bonds. The molecule has 2 rings (SSSR count). The molecule has 0 aromatic heterocycles. The van der Waals surface area contributed by atoms with E-state index in [4.69, 9.17) is 4.74 Å². The van der Waals surface area contributed by atoms with Gasteiger partial charge in [-0.05, 0) is 44.2 Å². The SMILES string of the molecule is COC1CCCC12CCNCC2.Cl. The predicted octanol–water partition coefficient (Wildman–Crippen LogP) is 1.98. The summed E-state index contributed by atoms with van der Waals surface area (Å²) in [5.74, 6) is 0. The Balaban J connectivity index is 0.000000845. The normalized spacial score (nSPS) is 31.6. The monoisotopic (exact) mass is 205 g/mol. The van der Waals surface area contributed by atoms with Crippen LogP contribution in [-0.4, -0.2) is 26.3 Å². The first-order valence-electron chi connectivity index (χ1n) is 5.11. The van der Waals surface area contributed by atoms with Crippen LogP contribution in [0.15, 0.2) is 0 Å². The van der Waals surface area contributed by atoms with E-state index in [1.54, 1.807) is 0 Å². The molecule has 3 heteroatoms. The maximum atomic E-state index is 5.58. The summed E-state index contributed by atoms with van der Waals surface area (Å²) < 4.78 is 5.58. The molecule has 2 nitrogen and oxygen atoms in total. The Hall–Kier alpha value is 0.210. The van der Waals surface area contributed by atoms with E-state index in [-0.39, 0.29) is 12.4 Å². The van der Waals surface area contributed by atoms with Crippen LogP contribution in [0.2, 0.25) is 0 Å². The molecule has 2 fully saturated rings. The molecule has 13 heavy (non-hydrogen) atoms. The Morgan fingerprint density at radius 3 is 2.54 bits per heavy atom. The second-order valence-corrected chi connectivity index (χ2v) is 4.23. The molecule has 1 heterocycles. The number of rotatable bonds is 1. The molecule has 0 aromatic rings. The average Bonchev–Trinajstić information content (AvgIpc) is 2.49. The van der Waals surface area contributed by atoms with Gasteiger partial charge in [-0.2, -0.15) is 0 Å². The van der Waals surface area contributed by atoms with Crippen molar-refractivity contribution in [3.8, 4) is 0 Å². The topological polar surface area (TPSA) is 21.3 Å². The van der Waals surface area contributed by atoms with Gasteiger partial charge < -0.3 is 10.1 Å². The Morgan fingerprint density at radius 2 is 1.92 bits per heavy atom. The van der Waals surface area contributed by atoms with Gasteiger partial charge >= 0.3 is 0 Å². The lowest BCUT2D eigenvalue weighted by molar-refractivity contribution is -0.00726. The summed E-state index contributed by atoms with van der Waals surface area (Å²) in [6, 6.07) is 0. The molecule has 1 unspecified atom stereocenters. The van der Waals surface area contributed by atoms with E-state index in [9.17, 15) is 0 Å². The van der Waals surface area contributed by atoms with E-state index in [0.717, 1.165) is 0 Å². The largest absolute Gasteiger partial charge is 0.381 e. The number of piperidine rings is 1. The molecule has 1 spiro atoms. The van der Waals surface area contributed by atoms with Crippen LogP contribution in [0.5, 0.6) is 0 Å². The van der Waals surface area contributed by atoms with Crippen molar-refractivity contribution in [3.05, 3.63) is 0 Å². The Morgan fingerprint density at radius 1 is 1.23 bits per heavy atom. The third kappa shape index (κ3) is 2.00. The van der Waals surface area contributed by atoms with E-state index >= 15 is 0 Å². The lowest BCUT2D eigenvalue weighted by atomic mass is 9.76. The maximum absolute atomic E-state index is 5.58. The van der Waals surface area contributed by atoms with Crippen LogP contribution in [-0.2, 0) is 4.74 Å². The van der Waals surface area contributed by atoms with Gasteiger partial charge in [0.2, 0.25) is 0 Å². The highest BCUT2D eigenvalue weighted by Gasteiger charge is 2.43. The van der Waals surface area contributed by atoms with E-state index < -0.39 is 0 Å². The molecule has 0 aromatic carbocycles. The van der Waals surface area contributed by atoms with Crippen molar-refractivity contribution in [3.63, 3.8) is 0 Å². The van der Waals surface area contributed by atoms with Crippen molar-refractivity contribution in [2.45, 2.75) is 38.2 Å². The molecule has 1 N–H and O–H groups in total. The van der Waals surface area contributed by atoms with Gasteiger partial charge in [-0.15, -0.1) is 12.4 Å². The van der Waals surface area contributed by atoms with Gasteiger partial charge in [-0.3, -0.25) is 0 Å². The molecule has 0 bridgehead atoms. The summed E-state index contributed by atoms with van der Waals surface area (Å²) in [6.07, 6.45) is 7.26. The first-order chi connectivity index (χ1) is 5.87. The van der Waals surface area contributed by atoms with Crippen LogP contribution in [0.25, 0.3) is 0 Å².